The van der Waals surface area contributed by atoms with E-state index < -0.39 is 0 Å². The summed E-state index contributed by atoms with van der Waals surface area (Å²) in [5.41, 5.74) is 3.27. The average molecular weight is 581 g/mol. The van der Waals surface area contributed by atoms with Gasteiger partial charge in [0.05, 0.1) is 49.0 Å². The number of ether oxygens (including phenoxy) is 2. The van der Waals surface area contributed by atoms with Gasteiger partial charge in [-0.25, -0.2) is 15.0 Å². The van der Waals surface area contributed by atoms with Crippen LogP contribution in [0.25, 0.3) is 10.8 Å². The first-order chi connectivity index (χ1) is 20.9. The Labute approximate surface area is 251 Å². The standard InChI is InChI=1S/C33H36N6O4/c1-5-33(40)37-26-15-27(30(41-4)16-29(26)38-18-21(2)43-22(3)19-38)36-31-17-32(35-20-34-31)39-28(12-13-42-39)25-11-10-23-8-6-7-9-24(23)14-25/h5-11,14-17,20-22,28H,1,12-13,18-19H2,2-4H3,(H,37,40)(H,34,35,36)/t21-,22+,28-/m1/s1. The molecule has 3 heterocycles. The number of rotatable bonds is 8. The lowest BCUT2D eigenvalue weighted by molar-refractivity contribution is -0.111. The summed E-state index contributed by atoms with van der Waals surface area (Å²) in [6.07, 6.45) is 3.69. The van der Waals surface area contributed by atoms with E-state index in [0.29, 0.717) is 48.5 Å². The van der Waals surface area contributed by atoms with E-state index >= 15 is 0 Å². The van der Waals surface area contributed by atoms with Crippen LogP contribution in [-0.2, 0) is 14.4 Å². The number of fused-ring (bicyclic) bond motifs is 1. The minimum Gasteiger partial charge on any atom is -0.494 e. The molecule has 0 bridgehead atoms. The molecule has 1 amide bonds. The van der Waals surface area contributed by atoms with Crippen LogP contribution in [0.2, 0.25) is 0 Å². The SMILES string of the molecule is C=CC(=O)Nc1cc(Nc2cc(N3OCC[C@@H]3c3ccc4ccccc4c3)ncn2)c(OC)cc1N1C[C@@H](C)O[C@@H](C)C1. The van der Waals surface area contributed by atoms with Gasteiger partial charge in [0.1, 0.15) is 17.9 Å². The molecule has 2 aliphatic rings. The van der Waals surface area contributed by atoms with Crippen molar-refractivity contribution >= 4 is 45.4 Å². The molecule has 43 heavy (non-hydrogen) atoms. The van der Waals surface area contributed by atoms with Gasteiger partial charge in [-0.3, -0.25) is 9.63 Å². The summed E-state index contributed by atoms with van der Waals surface area (Å²) >= 11 is 0. The van der Waals surface area contributed by atoms with Gasteiger partial charge in [-0.2, -0.15) is 0 Å². The molecule has 0 spiro atoms. The Bertz CT molecular complexity index is 1640. The fraction of sp³-hybridized carbons (Fsp3) is 0.303. The van der Waals surface area contributed by atoms with Crippen LogP contribution in [-0.4, -0.2) is 54.9 Å². The van der Waals surface area contributed by atoms with Gasteiger partial charge in [0, 0.05) is 31.6 Å². The third-order valence-corrected chi connectivity index (χ3v) is 7.73. The molecule has 6 rings (SSSR count). The summed E-state index contributed by atoms with van der Waals surface area (Å²) in [6, 6.07) is 20.5. The molecule has 3 aromatic carbocycles. The molecule has 0 saturated carbocycles. The first kappa shape index (κ1) is 28.4. The van der Waals surface area contributed by atoms with Crippen molar-refractivity contribution in [2.24, 2.45) is 0 Å². The zero-order valence-electron chi connectivity index (χ0n) is 24.6. The lowest BCUT2D eigenvalue weighted by atomic mass is 10.0. The Balaban J connectivity index is 1.30. The fourth-order valence-electron chi connectivity index (χ4n) is 5.84. The van der Waals surface area contributed by atoms with Gasteiger partial charge in [-0.1, -0.05) is 43.0 Å². The van der Waals surface area contributed by atoms with Crippen molar-refractivity contribution in [1.82, 2.24) is 9.97 Å². The third-order valence-electron chi connectivity index (χ3n) is 7.73. The summed E-state index contributed by atoms with van der Waals surface area (Å²) in [5, 5.41) is 10.6. The number of hydrogen-bond acceptors (Lipinski definition) is 9. The van der Waals surface area contributed by atoms with Crippen LogP contribution in [0.15, 0.2) is 79.6 Å². The van der Waals surface area contributed by atoms with Crippen LogP contribution in [0.5, 0.6) is 5.75 Å². The van der Waals surface area contributed by atoms with Gasteiger partial charge in [-0.15, -0.1) is 0 Å². The zero-order valence-corrected chi connectivity index (χ0v) is 24.6. The second kappa shape index (κ2) is 12.3. The number of hydrogen-bond donors (Lipinski definition) is 2. The number of benzene rings is 3. The number of methoxy groups -OCH3 is 1. The highest BCUT2D eigenvalue weighted by Crippen LogP contribution is 2.40. The maximum atomic E-state index is 12.4. The van der Waals surface area contributed by atoms with Gasteiger partial charge in [0.25, 0.3) is 0 Å². The molecule has 2 aliphatic heterocycles. The molecular formula is C33H36N6O4. The number of amides is 1. The Morgan fingerprint density at radius 1 is 1.02 bits per heavy atom. The Kier molecular flexibility index (Phi) is 8.13. The Hall–Kier alpha value is -4.67. The van der Waals surface area contributed by atoms with Crippen molar-refractivity contribution in [2.45, 2.75) is 38.5 Å². The first-order valence-electron chi connectivity index (χ1n) is 14.5. The number of morpholine rings is 1. The molecule has 2 fully saturated rings. The number of nitrogens with one attached hydrogen (secondary N) is 2. The quantitative estimate of drug-likeness (QED) is 0.243. The molecule has 3 atom stereocenters. The number of aromatic nitrogens is 2. The van der Waals surface area contributed by atoms with Crippen LogP contribution < -0.4 is 25.3 Å². The molecule has 2 saturated heterocycles. The van der Waals surface area contributed by atoms with Crippen LogP contribution in [0.4, 0.5) is 28.7 Å². The van der Waals surface area contributed by atoms with Crippen LogP contribution in [0.3, 0.4) is 0 Å². The largest absolute Gasteiger partial charge is 0.494 e. The van der Waals surface area contributed by atoms with E-state index in [2.05, 4.69) is 68.5 Å². The van der Waals surface area contributed by atoms with Crippen molar-refractivity contribution < 1.29 is 19.1 Å². The number of hydroxylamine groups is 1. The fourth-order valence-corrected chi connectivity index (χ4v) is 5.84. The maximum absolute atomic E-state index is 12.4. The monoisotopic (exact) mass is 580 g/mol. The second-order valence-electron chi connectivity index (χ2n) is 10.9. The van der Waals surface area contributed by atoms with Crippen molar-refractivity contribution in [3.63, 3.8) is 0 Å². The van der Waals surface area contributed by atoms with Crippen LogP contribution in [0, 0.1) is 0 Å². The topological polar surface area (TPSA) is 101 Å². The molecule has 10 heteroatoms. The summed E-state index contributed by atoms with van der Waals surface area (Å²) in [4.78, 5) is 29.7. The smallest absolute Gasteiger partial charge is 0.247 e. The Morgan fingerprint density at radius 3 is 2.58 bits per heavy atom. The minimum atomic E-state index is -0.304. The predicted molar refractivity (Wildman–Crippen MR) is 169 cm³/mol. The van der Waals surface area contributed by atoms with Gasteiger partial charge in [0.2, 0.25) is 5.91 Å². The minimum absolute atomic E-state index is 0.0141. The summed E-state index contributed by atoms with van der Waals surface area (Å²) in [5.74, 6) is 1.49. The van der Waals surface area contributed by atoms with Gasteiger partial charge >= 0.3 is 0 Å². The molecule has 10 nitrogen and oxygen atoms in total. The van der Waals surface area contributed by atoms with Crippen molar-refractivity contribution in [2.75, 3.05) is 47.4 Å². The van der Waals surface area contributed by atoms with Crippen LogP contribution >= 0.6 is 0 Å². The van der Waals surface area contributed by atoms with Crippen molar-refractivity contribution in [3.8, 4) is 5.75 Å². The highest BCUT2D eigenvalue weighted by molar-refractivity contribution is 6.02. The van der Waals surface area contributed by atoms with Gasteiger partial charge < -0.3 is 25.0 Å². The summed E-state index contributed by atoms with van der Waals surface area (Å²) in [6.45, 7) is 9.65. The van der Waals surface area contributed by atoms with E-state index in [1.807, 2.05) is 43.2 Å². The van der Waals surface area contributed by atoms with E-state index in [4.69, 9.17) is 14.3 Å². The normalized spacial score (nSPS) is 20.2. The van der Waals surface area contributed by atoms with E-state index in [0.717, 1.165) is 17.7 Å². The molecule has 4 aromatic rings. The van der Waals surface area contributed by atoms with Crippen LogP contribution in [0.1, 0.15) is 31.9 Å². The molecule has 0 aliphatic carbocycles. The highest BCUT2D eigenvalue weighted by atomic mass is 16.7. The first-order valence-corrected chi connectivity index (χ1v) is 14.5. The van der Waals surface area contributed by atoms with Gasteiger partial charge in [0.15, 0.2) is 5.82 Å². The molecule has 0 radical (unpaired) electrons. The molecule has 2 N–H and O–H groups in total. The molecular weight excluding hydrogens is 544 g/mol. The van der Waals surface area contributed by atoms with E-state index in [1.54, 1.807) is 7.11 Å². The zero-order chi connectivity index (χ0) is 29.9. The van der Waals surface area contributed by atoms with E-state index in [1.165, 1.54) is 23.2 Å². The number of anilines is 5. The number of nitrogens with zero attached hydrogens (tertiary/aromatic N) is 4. The summed E-state index contributed by atoms with van der Waals surface area (Å²) in [7, 11) is 1.62. The lowest BCUT2D eigenvalue weighted by Crippen LogP contribution is -2.45. The maximum Gasteiger partial charge on any atom is 0.247 e. The number of carbonyl (C=O) groups is 1. The number of carbonyl (C=O) groups excluding carboxylic acids is 1. The third kappa shape index (κ3) is 6.11. The molecule has 0 unspecified atom stereocenters. The lowest BCUT2D eigenvalue weighted by Gasteiger charge is -2.38. The Morgan fingerprint density at radius 2 is 1.81 bits per heavy atom. The van der Waals surface area contributed by atoms with E-state index in [-0.39, 0.29) is 24.2 Å². The second-order valence-corrected chi connectivity index (χ2v) is 10.9. The van der Waals surface area contributed by atoms with Gasteiger partial charge in [-0.05, 0) is 48.4 Å². The highest BCUT2D eigenvalue weighted by Gasteiger charge is 2.30. The average Bonchev–Trinajstić information content (AvgIpc) is 3.51. The van der Waals surface area contributed by atoms with Crippen molar-refractivity contribution in [3.05, 3.63) is 85.2 Å². The predicted octanol–water partition coefficient (Wildman–Crippen LogP) is 6.00. The molecule has 222 valence electrons. The van der Waals surface area contributed by atoms with Crippen molar-refractivity contribution in [1.29, 1.82) is 0 Å². The summed E-state index contributed by atoms with van der Waals surface area (Å²) < 4.78 is 11.7. The molecule has 1 aromatic heterocycles. The van der Waals surface area contributed by atoms with E-state index in [9.17, 15) is 4.79 Å².